The third kappa shape index (κ3) is 4.99. The topological polar surface area (TPSA) is 12.0 Å². The van der Waals surface area contributed by atoms with Crippen LogP contribution in [0.15, 0.2) is 24.3 Å². The second-order valence-corrected chi connectivity index (χ2v) is 6.29. The minimum absolute atomic E-state index is 0.641. The smallest absolute Gasteiger partial charge is 0.00670 e. The molecule has 1 aromatic carbocycles. The minimum atomic E-state index is 0.641. The van der Waals surface area contributed by atoms with Crippen molar-refractivity contribution < 1.29 is 0 Å². The molecule has 1 aromatic rings. The van der Waals surface area contributed by atoms with E-state index in [1.54, 1.807) is 0 Å². The summed E-state index contributed by atoms with van der Waals surface area (Å²) in [6.45, 7) is 5.68. The van der Waals surface area contributed by atoms with Crippen molar-refractivity contribution in [3.63, 3.8) is 0 Å². The van der Waals surface area contributed by atoms with Gasteiger partial charge in [-0.15, -0.1) is 0 Å². The first-order valence-corrected chi connectivity index (χ1v) is 8.08. The molecule has 0 bridgehead atoms. The van der Waals surface area contributed by atoms with Crippen LogP contribution in [0.4, 0.5) is 0 Å². The van der Waals surface area contributed by atoms with Gasteiger partial charge in [0.2, 0.25) is 0 Å². The van der Waals surface area contributed by atoms with Gasteiger partial charge in [-0.2, -0.15) is 0 Å². The Kier molecular flexibility index (Phi) is 5.91. The lowest BCUT2D eigenvalue weighted by Crippen LogP contribution is -2.31. The van der Waals surface area contributed by atoms with Crippen molar-refractivity contribution in [3.05, 3.63) is 35.4 Å². The fourth-order valence-electron chi connectivity index (χ4n) is 2.97. The molecule has 1 fully saturated rings. The van der Waals surface area contributed by atoms with Gasteiger partial charge in [0.25, 0.3) is 0 Å². The molecule has 1 heteroatoms. The predicted molar refractivity (Wildman–Crippen MR) is 83.7 cm³/mol. The second-order valence-electron chi connectivity index (χ2n) is 6.29. The maximum absolute atomic E-state index is 3.72. The highest BCUT2D eigenvalue weighted by atomic mass is 14.9. The Balaban J connectivity index is 1.64. The minimum Gasteiger partial charge on any atom is -0.314 e. The maximum atomic E-state index is 3.72. The standard InChI is InChI=1S/C18H29N/c1-15(2)17-12-10-16(11-13-17)7-6-14-19-18-8-4-3-5-9-18/h10-13,15,18-19H,3-9,14H2,1-2H3. The van der Waals surface area contributed by atoms with E-state index >= 15 is 0 Å². The van der Waals surface area contributed by atoms with Crippen LogP contribution >= 0.6 is 0 Å². The van der Waals surface area contributed by atoms with Gasteiger partial charge < -0.3 is 5.32 Å². The van der Waals surface area contributed by atoms with Crippen LogP contribution < -0.4 is 5.32 Å². The van der Waals surface area contributed by atoms with Crippen LogP contribution in [0.5, 0.6) is 0 Å². The lowest BCUT2D eigenvalue weighted by molar-refractivity contribution is 0.372. The summed E-state index contributed by atoms with van der Waals surface area (Å²) in [5, 5.41) is 3.72. The predicted octanol–water partition coefficient (Wildman–Crippen LogP) is 4.66. The quantitative estimate of drug-likeness (QED) is 0.732. The molecular formula is C18H29N. The largest absolute Gasteiger partial charge is 0.314 e. The van der Waals surface area contributed by atoms with Gasteiger partial charge in [0.15, 0.2) is 0 Å². The number of aryl methyl sites for hydroxylation is 1. The highest BCUT2D eigenvalue weighted by molar-refractivity contribution is 5.24. The van der Waals surface area contributed by atoms with Crippen molar-refractivity contribution in [2.45, 2.75) is 70.8 Å². The van der Waals surface area contributed by atoms with Gasteiger partial charge in [0.1, 0.15) is 0 Å². The Morgan fingerprint density at radius 2 is 1.74 bits per heavy atom. The fraction of sp³-hybridized carbons (Fsp3) is 0.667. The maximum Gasteiger partial charge on any atom is 0.00670 e. The van der Waals surface area contributed by atoms with E-state index in [0.29, 0.717) is 5.92 Å². The van der Waals surface area contributed by atoms with Crippen LogP contribution in [0.1, 0.15) is 69.4 Å². The summed E-state index contributed by atoms with van der Waals surface area (Å²) < 4.78 is 0. The molecule has 0 unspecified atom stereocenters. The van der Waals surface area contributed by atoms with Crippen molar-refractivity contribution >= 4 is 0 Å². The van der Waals surface area contributed by atoms with Crippen LogP contribution in [-0.4, -0.2) is 12.6 Å². The van der Waals surface area contributed by atoms with Crippen LogP contribution in [0.2, 0.25) is 0 Å². The van der Waals surface area contributed by atoms with Crippen molar-refractivity contribution in [1.29, 1.82) is 0 Å². The van der Waals surface area contributed by atoms with E-state index in [1.807, 2.05) is 0 Å². The zero-order chi connectivity index (χ0) is 13.5. The summed E-state index contributed by atoms with van der Waals surface area (Å²) in [7, 11) is 0. The molecule has 0 heterocycles. The normalized spacial score (nSPS) is 17.0. The van der Waals surface area contributed by atoms with Gasteiger partial charge in [-0.25, -0.2) is 0 Å². The Hall–Kier alpha value is -0.820. The first-order valence-electron chi connectivity index (χ1n) is 8.08. The molecule has 1 N–H and O–H groups in total. The van der Waals surface area contributed by atoms with Crippen molar-refractivity contribution in [2.75, 3.05) is 6.54 Å². The zero-order valence-corrected chi connectivity index (χ0v) is 12.6. The molecule has 106 valence electrons. The Morgan fingerprint density at radius 1 is 1.05 bits per heavy atom. The van der Waals surface area contributed by atoms with E-state index in [4.69, 9.17) is 0 Å². The molecule has 1 aliphatic rings. The zero-order valence-electron chi connectivity index (χ0n) is 12.6. The summed E-state index contributed by atoms with van der Waals surface area (Å²) in [5.74, 6) is 0.641. The van der Waals surface area contributed by atoms with Crippen LogP contribution in [0.25, 0.3) is 0 Å². The molecule has 0 saturated heterocycles. The van der Waals surface area contributed by atoms with Gasteiger partial charge >= 0.3 is 0 Å². The highest BCUT2D eigenvalue weighted by Crippen LogP contribution is 2.18. The number of benzene rings is 1. The van der Waals surface area contributed by atoms with Gasteiger partial charge in [0.05, 0.1) is 0 Å². The summed E-state index contributed by atoms with van der Waals surface area (Å²) >= 11 is 0. The summed E-state index contributed by atoms with van der Waals surface area (Å²) in [6, 6.07) is 9.98. The van der Waals surface area contributed by atoms with Crippen molar-refractivity contribution in [1.82, 2.24) is 5.32 Å². The summed E-state index contributed by atoms with van der Waals surface area (Å²) in [4.78, 5) is 0. The third-order valence-electron chi connectivity index (χ3n) is 4.33. The van der Waals surface area contributed by atoms with Crippen molar-refractivity contribution in [2.24, 2.45) is 0 Å². The van der Waals surface area contributed by atoms with Gasteiger partial charge in [-0.1, -0.05) is 57.4 Å². The summed E-state index contributed by atoms with van der Waals surface area (Å²) in [5.41, 5.74) is 2.93. The van der Waals surface area contributed by atoms with Crippen molar-refractivity contribution in [3.8, 4) is 0 Å². The first-order chi connectivity index (χ1) is 9.25. The Labute approximate surface area is 118 Å². The molecule has 0 spiro atoms. The molecule has 0 atom stereocenters. The SMILES string of the molecule is CC(C)c1ccc(CCCNC2CCCCC2)cc1. The molecule has 0 aromatic heterocycles. The first kappa shape index (κ1) is 14.6. The Morgan fingerprint density at radius 3 is 2.37 bits per heavy atom. The van der Waals surface area contributed by atoms with E-state index in [2.05, 4.69) is 43.4 Å². The number of hydrogen-bond acceptors (Lipinski definition) is 1. The molecule has 0 amide bonds. The molecule has 1 saturated carbocycles. The van der Waals surface area contributed by atoms with Crippen LogP contribution in [-0.2, 0) is 6.42 Å². The number of hydrogen-bond donors (Lipinski definition) is 1. The molecular weight excluding hydrogens is 230 g/mol. The van der Waals surface area contributed by atoms with E-state index in [1.165, 1.54) is 62.6 Å². The van der Waals surface area contributed by atoms with E-state index in [-0.39, 0.29) is 0 Å². The third-order valence-corrected chi connectivity index (χ3v) is 4.33. The average molecular weight is 259 g/mol. The Bertz CT molecular complexity index is 346. The fourth-order valence-corrected chi connectivity index (χ4v) is 2.97. The second kappa shape index (κ2) is 7.69. The van der Waals surface area contributed by atoms with E-state index in [0.717, 1.165) is 6.04 Å². The molecule has 2 rings (SSSR count). The molecule has 1 aliphatic carbocycles. The van der Waals surface area contributed by atoms with E-state index in [9.17, 15) is 0 Å². The highest BCUT2D eigenvalue weighted by Gasteiger charge is 2.11. The van der Waals surface area contributed by atoms with Crippen LogP contribution in [0, 0.1) is 0 Å². The molecule has 1 nitrogen and oxygen atoms in total. The number of rotatable bonds is 6. The van der Waals surface area contributed by atoms with Gasteiger partial charge in [-0.3, -0.25) is 0 Å². The number of nitrogens with one attached hydrogen (secondary N) is 1. The molecule has 0 radical (unpaired) electrons. The van der Waals surface area contributed by atoms with Gasteiger partial charge in [0, 0.05) is 6.04 Å². The lowest BCUT2D eigenvalue weighted by atomic mass is 9.95. The molecule has 19 heavy (non-hydrogen) atoms. The summed E-state index contributed by atoms with van der Waals surface area (Å²) in [6.07, 6.45) is 9.55. The molecule has 0 aliphatic heterocycles. The van der Waals surface area contributed by atoms with E-state index < -0.39 is 0 Å². The van der Waals surface area contributed by atoms with Crippen LogP contribution in [0.3, 0.4) is 0 Å². The lowest BCUT2D eigenvalue weighted by Gasteiger charge is -2.22. The average Bonchev–Trinajstić information content (AvgIpc) is 2.45. The van der Waals surface area contributed by atoms with Gasteiger partial charge in [-0.05, 0) is 49.3 Å². The monoisotopic (exact) mass is 259 g/mol.